The maximum atomic E-state index is 13.1. The molecule has 2 heterocycles. The summed E-state index contributed by atoms with van der Waals surface area (Å²) in [4.78, 5) is 6.03. The van der Waals surface area contributed by atoms with Gasteiger partial charge < -0.3 is 10.3 Å². The highest BCUT2D eigenvalue weighted by molar-refractivity contribution is 8.01. The van der Waals surface area contributed by atoms with E-state index < -0.39 is 11.7 Å². The Balaban J connectivity index is 2.09. The number of hydrogen-bond acceptors (Lipinski definition) is 6. The molecule has 0 unspecified atom stereocenters. The summed E-state index contributed by atoms with van der Waals surface area (Å²) in [6.45, 7) is 8.41. The van der Waals surface area contributed by atoms with Gasteiger partial charge in [0.15, 0.2) is 11.6 Å². The van der Waals surface area contributed by atoms with Gasteiger partial charge in [-0.15, -0.1) is 33.7 Å². The predicted molar refractivity (Wildman–Crippen MR) is 121 cm³/mol. The third-order valence-corrected chi connectivity index (χ3v) is 6.38. The van der Waals surface area contributed by atoms with Crippen LogP contribution in [0.4, 0.5) is 18.9 Å². The van der Waals surface area contributed by atoms with Crippen LogP contribution in [0, 0.1) is 0 Å². The predicted octanol–water partition coefficient (Wildman–Crippen LogP) is 6.15. The first-order valence-electron chi connectivity index (χ1n) is 9.59. The second kappa shape index (κ2) is 8.74. The molecule has 0 aliphatic carbocycles. The topological polar surface area (TPSA) is 69.6 Å². The van der Waals surface area contributed by atoms with E-state index in [-0.39, 0.29) is 16.3 Å². The standard InChI is InChI=1S/C21H24F3N5S2/c1-6-30-16-11-17(31-20(2,3)4)14(25)10-13(16)18-27-28-19(29(18)5)15-9-12(7-8-26-15)21(22,23)24/h7-11H,6,25H2,1-5H3. The first kappa shape index (κ1) is 23.5. The Bertz CT molecular complexity index is 1090. The number of anilines is 1. The van der Waals surface area contributed by atoms with Crippen molar-refractivity contribution < 1.29 is 13.2 Å². The van der Waals surface area contributed by atoms with E-state index in [0.29, 0.717) is 11.5 Å². The number of alkyl halides is 3. The molecule has 10 heteroatoms. The molecule has 3 aromatic rings. The van der Waals surface area contributed by atoms with Gasteiger partial charge in [-0.3, -0.25) is 4.98 Å². The van der Waals surface area contributed by atoms with Crippen LogP contribution in [0.1, 0.15) is 33.3 Å². The van der Waals surface area contributed by atoms with Gasteiger partial charge in [-0.25, -0.2) is 0 Å². The van der Waals surface area contributed by atoms with Crippen molar-refractivity contribution in [1.82, 2.24) is 19.7 Å². The van der Waals surface area contributed by atoms with Crippen LogP contribution in [-0.2, 0) is 13.2 Å². The second-order valence-electron chi connectivity index (χ2n) is 7.87. The lowest BCUT2D eigenvalue weighted by Gasteiger charge is -2.20. The van der Waals surface area contributed by atoms with E-state index in [1.807, 2.05) is 12.1 Å². The van der Waals surface area contributed by atoms with Crippen molar-refractivity contribution in [2.45, 2.75) is 48.4 Å². The minimum atomic E-state index is -4.46. The summed E-state index contributed by atoms with van der Waals surface area (Å²) in [5.74, 6) is 1.61. The molecule has 0 bridgehead atoms. The van der Waals surface area contributed by atoms with E-state index in [0.717, 1.165) is 39.4 Å². The van der Waals surface area contributed by atoms with Crippen LogP contribution in [0.15, 0.2) is 40.3 Å². The first-order chi connectivity index (χ1) is 14.4. The highest BCUT2D eigenvalue weighted by atomic mass is 32.2. The van der Waals surface area contributed by atoms with Crippen molar-refractivity contribution in [2.75, 3.05) is 11.5 Å². The third-order valence-electron chi connectivity index (χ3n) is 4.26. The molecule has 166 valence electrons. The summed E-state index contributed by atoms with van der Waals surface area (Å²) in [7, 11) is 1.71. The molecule has 31 heavy (non-hydrogen) atoms. The molecule has 2 aromatic heterocycles. The molecule has 0 saturated carbocycles. The number of hydrogen-bond donors (Lipinski definition) is 1. The lowest BCUT2D eigenvalue weighted by atomic mass is 10.2. The van der Waals surface area contributed by atoms with Gasteiger partial charge in [-0.2, -0.15) is 13.2 Å². The number of aromatic nitrogens is 4. The summed E-state index contributed by atoms with van der Waals surface area (Å²) in [6, 6.07) is 5.82. The van der Waals surface area contributed by atoms with Gasteiger partial charge in [-0.05, 0) is 30.0 Å². The Labute approximate surface area is 188 Å². The van der Waals surface area contributed by atoms with Crippen molar-refractivity contribution in [1.29, 1.82) is 0 Å². The van der Waals surface area contributed by atoms with Crippen molar-refractivity contribution in [3.8, 4) is 22.9 Å². The molecule has 0 radical (unpaired) electrons. The monoisotopic (exact) mass is 467 g/mol. The zero-order valence-corrected chi connectivity index (χ0v) is 19.5. The van der Waals surface area contributed by atoms with Gasteiger partial charge in [0.25, 0.3) is 0 Å². The number of nitrogens with zero attached hydrogens (tertiary/aromatic N) is 4. The normalized spacial score (nSPS) is 12.4. The van der Waals surface area contributed by atoms with Gasteiger partial charge in [0.05, 0.1) is 5.56 Å². The van der Waals surface area contributed by atoms with E-state index in [1.54, 1.807) is 35.1 Å². The fourth-order valence-electron chi connectivity index (χ4n) is 2.96. The van der Waals surface area contributed by atoms with Gasteiger partial charge in [0, 0.05) is 39.0 Å². The van der Waals surface area contributed by atoms with Crippen molar-refractivity contribution in [3.05, 3.63) is 36.0 Å². The third kappa shape index (κ3) is 5.35. The summed E-state index contributed by atoms with van der Waals surface area (Å²) in [6.07, 6.45) is -3.33. The molecule has 0 aliphatic heterocycles. The number of pyridine rings is 1. The minimum absolute atomic E-state index is 0.00307. The molecule has 5 nitrogen and oxygen atoms in total. The van der Waals surface area contributed by atoms with E-state index in [9.17, 15) is 13.2 Å². The first-order valence-corrected chi connectivity index (χ1v) is 11.4. The Kier molecular flexibility index (Phi) is 6.61. The SMILES string of the molecule is CCSc1cc(SC(C)(C)C)c(N)cc1-c1nnc(-c2cc(C(F)(F)F)ccn2)n1C. The average Bonchev–Trinajstić information content (AvgIpc) is 3.04. The molecular formula is C21H24F3N5S2. The minimum Gasteiger partial charge on any atom is -0.398 e. The highest BCUT2D eigenvalue weighted by Gasteiger charge is 2.31. The van der Waals surface area contributed by atoms with Crippen LogP contribution in [0.3, 0.4) is 0 Å². The van der Waals surface area contributed by atoms with Crippen LogP contribution in [0.2, 0.25) is 0 Å². The highest BCUT2D eigenvalue weighted by Crippen LogP contribution is 2.42. The van der Waals surface area contributed by atoms with Gasteiger partial charge in [-0.1, -0.05) is 27.7 Å². The van der Waals surface area contributed by atoms with Crippen LogP contribution in [0.5, 0.6) is 0 Å². The molecule has 3 rings (SSSR count). The van der Waals surface area contributed by atoms with Crippen molar-refractivity contribution in [3.63, 3.8) is 0 Å². The van der Waals surface area contributed by atoms with E-state index in [2.05, 4.69) is 42.9 Å². The summed E-state index contributed by atoms with van der Waals surface area (Å²) < 4.78 is 41.0. The summed E-state index contributed by atoms with van der Waals surface area (Å²) in [5, 5.41) is 8.38. The zero-order valence-electron chi connectivity index (χ0n) is 17.9. The smallest absolute Gasteiger partial charge is 0.398 e. The molecule has 1 aromatic carbocycles. The maximum absolute atomic E-state index is 13.1. The van der Waals surface area contributed by atoms with Crippen molar-refractivity contribution in [2.24, 2.45) is 7.05 Å². The number of benzene rings is 1. The van der Waals surface area contributed by atoms with Gasteiger partial charge >= 0.3 is 6.18 Å². The van der Waals surface area contributed by atoms with Gasteiger partial charge in [0.1, 0.15) is 5.69 Å². The Hall–Kier alpha value is -2.20. The van der Waals surface area contributed by atoms with Crippen LogP contribution < -0.4 is 5.73 Å². The van der Waals surface area contributed by atoms with Crippen molar-refractivity contribution >= 4 is 29.2 Å². The lowest BCUT2D eigenvalue weighted by Crippen LogP contribution is -2.08. The number of nitrogen functional groups attached to an aromatic ring is 1. The lowest BCUT2D eigenvalue weighted by molar-refractivity contribution is -0.137. The molecule has 0 saturated heterocycles. The van der Waals surface area contributed by atoms with E-state index in [4.69, 9.17) is 5.73 Å². The second-order valence-corrected chi connectivity index (χ2v) is 11.0. The zero-order chi connectivity index (χ0) is 23.0. The van der Waals surface area contributed by atoms with Gasteiger partial charge in [0.2, 0.25) is 0 Å². The van der Waals surface area contributed by atoms with E-state index >= 15 is 0 Å². The Morgan fingerprint density at radius 1 is 1.03 bits per heavy atom. The molecule has 0 amide bonds. The fourth-order valence-corrected chi connectivity index (χ4v) is 4.87. The van der Waals surface area contributed by atoms with Crippen LogP contribution in [0.25, 0.3) is 22.9 Å². The number of rotatable bonds is 5. The Morgan fingerprint density at radius 2 is 1.71 bits per heavy atom. The largest absolute Gasteiger partial charge is 0.416 e. The number of halogens is 3. The fraction of sp³-hybridized carbons (Fsp3) is 0.381. The maximum Gasteiger partial charge on any atom is 0.416 e. The molecule has 0 spiro atoms. The molecule has 2 N–H and O–H groups in total. The average molecular weight is 468 g/mol. The van der Waals surface area contributed by atoms with E-state index in [1.165, 1.54) is 0 Å². The molecule has 0 fully saturated rings. The van der Waals surface area contributed by atoms with Crippen LogP contribution in [-0.4, -0.2) is 30.2 Å². The quantitative estimate of drug-likeness (QED) is 0.359. The molecule has 0 aliphatic rings. The van der Waals surface area contributed by atoms with Crippen LogP contribution >= 0.6 is 23.5 Å². The number of thioether (sulfide) groups is 2. The molecular weight excluding hydrogens is 443 g/mol. The molecule has 0 atom stereocenters. The Morgan fingerprint density at radius 3 is 2.32 bits per heavy atom. The summed E-state index contributed by atoms with van der Waals surface area (Å²) >= 11 is 3.33. The summed E-state index contributed by atoms with van der Waals surface area (Å²) in [5.41, 5.74) is 7.08. The number of nitrogens with two attached hydrogens (primary N) is 1.